The highest BCUT2D eigenvalue weighted by molar-refractivity contribution is 7.86. The number of aryl methyl sites for hydroxylation is 1. The van der Waals surface area contributed by atoms with Crippen molar-refractivity contribution in [2.45, 2.75) is 250 Å². The largest absolute Gasteiger partial charge is 0.463 e. The van der Waals surface area contributed by atoms with Crippen LogP contribution in [0.1, 0.15) is 225 Å². The molecule has 24 nitrogen and oxygen atoms in total. The second-order valence-corrected chi connectivity index (χ2v) is 26.7. The molecule has 0 aliphatic carbocycles. The number of nitrogens with one attached hydrogen (secondary N) is 1. The predicted molar refractivity (Wildman–Crippen MR) is 299 cm³/mol. The molecule has 464 valence electrons. The minimum absolute atomic E-state index is 0.0166. The molecule has 1 aromatic heterocycles. The Morgan fingerprint density at radius 3 is 1.65 bits per heavy atom. The van der Waals surface area contributed by atoms with Gasteiger partial charge in [-0.15, -0.1) is 0 Å². The Balaban J connectivity index is 1.85. The summed E-state index contributed by atoms with van der Waals surface area (Å²) < 4.78 is 109. The van der Waals surface area contributed by atoms with Gasteiger partial charge >= 0.3 is 50.2 Å². The fraction of sp³-hybridized carbons (Fsp3) is 0.843. The molecule has 0 amide bonds. The molecule has 1 aliphatic rings. The topological polar surface area (TPSA) is 337 Å². The van der Waals surface area contributed by atoms with Crippen molar-refractivity contribution in [1.82, 2.24) is 9.55 Å². The van der Waals surface area contributed by atoms with E-state index in [1.54, 1.807) is 0 Å². The van der Waals surface area contributed by atoms with Gasteiger partial charge in [-0.1, -0.05) is 173 Å². The van der Waals surface area contributed by atoms with Crippen LogP contribution in [0.15, 0.2) is 20.9 Å². The quantitative estimate of drug-likeness (QED) is 0.00628. The number of nitrogens with zero attached hydrogens (tertiary/aromatic N) is 4. The van der Waals surface area contributed by atoms with Gasteiger partial charge in [0.05, 0.1) is 38.2 Å². The van der Waals surface area contributed by atoms with Crippen molar-refractivity contribution in [1.29, 1.82) is 0 Å². The first-order valence-electron chi connectivity index (χ1n) is 28.8. The lowest BCUT2D eigenvalue weighted by Gasteiger charge is -2.27. The molecule has 2 rings (SSSR count). The monoisotopic (exact) mass is 1220 g/mol. The zero-order valence-corrected chi connectivity index (χ0v) is 50.5. The van der Waals surface area contributed by atoms with Crippen LogP contribution in [0.3, 0.4) is 0 Å². The van der Waals surface area contributed by atoms with Crippen LogP contribution in [-0.4, -0.2) is 101 Å². The van der Waals surface area contributed by atoms with Gasteiger partial charge in [-0.2, -0.15) is 8.78 Å². The third-order valence-electron chi connectivity index (χ3n) is 13.3. The molecular weight excluding hydrogens is 1130 g/mol. The van der Waals surface area contributed by atoms with E-state index >= 15 is 8.78 Å². The number of carbonyl (C=O) groups is 4. The Bertz CT molecular complexity index is 2360. The number of halogens is 2. The Labute approximate surface area is 475 Å². The van der Waals surface area contributed by atoms with Gasteiger partial charge in [0.25, 0.3) is 26.9 Å². The SMILES string of the molecule is BP(=O)(OC[C@H]1O[C@@H](n2cc(C)c(=O)[nH]c2=O)C[C@H]1N=[N+]=[N-])OP(=O)(O)C(F)(F)P(=O)(O)OCCOC(=O)CCC(=O)OC(COC(=O)CCCCCCCCCCCCCCC)OC(=O)CCCCCCCCCCCCCCC. The van der Waals surface area contributed by atoms with E-state index in [4.69, 9.17) is 33.7 Å². The highest BCUT2D eigenvalue weighted by Gasteiger charge is 2.68. The van der Waals surface area contributed by atoms with Crippen molar-refractivity contribution in [2.75, 3.05) is 26.4 Å². The van der Waals surface area contributed by atoms with Gasteiger partial charge in [-0.3, -0.25) is 47.2 Å². The molecule has 2 heterocycles. The van der Waals surface area contributed by atoms with E-state index in [1.165, 1.54) is 110 Å². The summed E-state index contributed by atoms with van der Waals surface area (Å²) in [6, 6.07) is -1.14. The van der Waals surface area contributed by atoms with Crippen LogP contribution in [0, 0.1) is 6.92 Å². The number of H-pyrrole nitrogens is 1. The number of alkyl halides is 2. The smallest absolute Gasteiger partial charge is 0.444 e. The van der Waals surface area contributed by atoms with Gasteiger partial charge in [0.15, 0.2) is 6.61 Å². The Hall–Kier alpha value is -3.76. The summed E-state index contributed by atoms with van der Waals surface area (Å²) in [5.41, 5.74) is 7.54. The number of hydrogen-bond acceptors (Lipinski definition) is 18. The lowest BCUT2D eigenvalue weighted by Crippen LogP contribution is -2.33. The van der Waals surface area contributed by atoms with Crippen LogP contribution in [0.5, 0.6) is 0 Å². The zero-order chi connectivity index (χ0) is 60.2. The molecule has 4 unspecified atom stereocenters. The van der Waals surface area contributed by atoms with E-state index in [0.29, 0.717) is 20.4 Å². The van der Waals surface area contributed by atoms with Crippen molar-refractivity contribution in [3.05, 3.63) is 43.0 Å². The molecule has 30 heteroatoms. The molecule has 0 bridgehead atoms. The molecule has 0 aromatic carbocycles. The summed E-state index contributed by atoms with van der Waals surface area (Å²) >= 11 is 0. The van der Waals surface area contributed by atoms with Crippen LogP contribution in [0.4, 0.5) is 8.78 Å². The minimum Gasteiger partial charge on any atom is -0.463 e. The number of rotatable bonds is 48. The number of unbranched alkanes of at least 4 members (excludes halogenated alkanes) is 24. The van der Waals surface area contributed by atoms with Crippen LogP contribution in [0.2, 0.25) is 0 Å². The lowest BCUT2D eigenvalue weighted by molar-refractivity contribution is -0.200. The van der Waals surface area contributed by atoms with Gasteiger partial charge in [0.2, 0.25) is 0 Å². The number of aromatic nitrogens is 2. The maximum absolute atomic E-state index is 15.2. The van der Waals surface area contributed by atoms with Gasteiger partial charge in [-0.25, -0.2) is 9.11 Å². The summed E-state index contributed by atoms with van der Waals surface area (Å²) in [4.78, 5) is 99.8. The maximum Gasteiger partial charge on any atom is 0.444 e. The number of aromatic amines is 1. The predicted octanol–water partition coefficient (Wildman–Crippen LogP) is 11.8. The Kier molecular flexibility index (Phi) is 36.7. The molecule has 81 heavy (non-hydrogen) atoms. The molecule has 0 radical (unpaired) electrons. The Morgan fingerprint density at radius 1 is 0.716 bits per heavy atom. The van der Waals surface area contributed by atoms with Crippen LogP contribution in [0.25, 0.3) is 10.4 Å². The van der Waals surface area contributed by atoms with Gasteiger partial charge < -0.3 is 42.5 Å². The van der Waals surface area contributed by atoms with E-state index in [-0.39, 0.29) is 24.8 Å². The first kappa shape index (κ1) is 73.3. The molecule has 1 aliphatic heterocycles. The molecule has 7 atom stereocenters. The second kappa shape index (κ2) is 40.5. The lowest BCUT2D eigenvalue weighted by atomic mass is 10.0. The summed E-state index contributed by atoms with van der Waals surface area (Å²) in [5, 5.41) is -2.15. The van der Waals surface area contributed by atoms with Crippen molar-refractivity contribution >= 4 is 54.1 Å². The minimum atomic E-state index is -6.74. The van der Waals surface area contributed by atoms with Crippen molar-refractivity contribution in [2.24, 2.45) is 5.11 Å². The third kappa shape index (κ3) is 30.6. The number of azide groups is 1. The van der Waals surface area contributed by atoms with Gasteiger partial charge in [0, 0.05) is 35.9 Å². The molecule has 1 aromatic rings. The first-order chi connectivity index (χ1) is 38.5. The van der Waals surface area contributed by atoms with Gasteiger partial charge in [0.1, 0.15) is 12.8 Å². The highest BCUT2D eigenvalue weighted by Crippen LogP contribution is 2.79. The molecule has 0 spiro atoms. The average Bonchev–Trinajstić information content (AvgIpc) is 3.81. The number of esters is 4. The first-order valence-corrected chi connectivity index (χ1v) is 34.0. The number of hydrogen-bond donors (Lipinski definition) is 3. The van der Waals surface area contributed by atoms with E-state index in [9.17, 15) is 52.2 Å². The number of ether oxygens (including phenoxy) is 5. The fourth-order valence-corrected chi connectivity index (χ4v) is 13.5. The van der Waals surface area contributed by atoms with E-state index < -0.39 is 127 Å². The van der Waals surface area contributed by atoms with Crippen molar-refractivity contribution in [3.8, 4) is 0 Å². The van der Waals surface area contributed by atoms with Crippen LogP contribution >= 0.6 is 22.7 Å². The number of carbonyl (C=O) groups excluding carboxylic acids is 4. The van der Waals surface area contributed by atoms with Crippen LogP contribution < -0.4 is 11.2 Å². The Morgan fingerprint density at radius 2 is 1.16 bits per heavy atom. The summed E-state index contributed by atoms with van der Waals surface area (Å²) in [6.45, 7) is 2.03. The summed E-state index contributed by atoms with van der Waals surface area (Å²) in [7, 11) is -17.9. The average molecular weight is 1220 g/mol. The fourth-order valence-electron chi connectivity index (χ4n) is 8.65. The molecule has 3 N–H and O–H groups in total. The highest BCUT2D eigenvalue weighted by atomic mass is 31.3. The van der Waals surface area contributed by atoms with E-state index in [1.807, 2.05) is 0 Å². The summed E-state index contributed by atoms with van der Waals surface area (Å²) in [6.07, 6.45) is 24.5. The normalized spacial score (nSPS) is 17.9. The van der Waals surface area contributed by atoms with Crippen molar-refractivity contribution < 1.29 is 88.5 Å². The van der Waals surface area contributed by atoms with Crippen LogP contribution in [-0.2, 0) is 69.9 Å². The van der Waals surface area contributed by atoms with Crippen molar-refractivity contribution in [3.63, 3.8) is 0 Å². The second-order valence-electron chi connectivity index (χ2n) is 20.4. The zero-order valence-electron chi connectivity index (χ0n) is 47.9. The molecule has 0 saturated carbocycles. The van der Waals surface area contributed by atoms with Gasteiger partial charge in [-0.05, 0) is 25.3 Å². The summed E-state index contributed by atoms with van der Waals surface area (Å²) in [5.74, 6) is -3.50. The molecular formula is C51H89BF2N5O19P3. The maximum atomic E-state index is 15.2. The molecule has 1 saturated heterocycles. The van der Waals surface area contributed by atoms with E-state index in [2.05, 4.69) is 37.7 Å². The van der Waals surface area contributed by atoms with E-state index in [0.717, 1.165) is 62.1 Å². The third-order valence-corrected chi connectivity index (χ3v) is 19.4. The molecule has 1 fully saturated rings. The standard InChI is InChI=1S/C51H89BF2N5O19P3/c1-4-6-8-10-12-14-16-18-20-22-24-26-28-30-44(60)72-39-48(76-46(62)31-29-27-25-23-21-19-17-15-13-11-9-7-5-2)77-47(63)33-32-45(61)71-34-35-73-79(66,67)51(53,54)80(68,69)78-81(52,70)74-38-42-41(57-58-55)36-43(75-42)59-37-40(3)49(64)56-50(59)65/h37,41-43,48H,4-36,38-39,52H2,1-3H3,(H,66,67)(H,68,69)(H,56,64,65)/t41-,42-,43-,48?,81?/m1/s1.